The van der Waals surface area contributed by atoms with Crippen LogP contribution in [0.2, 0.25) is 0 Å². The molecule has 0 saturated heterocycles. The second-order valence-corrected chi connectivity index (χ2v) is 5.25. The van der Waals surface area contributed by atoms with E-state index in [0.29, 0.717) is 0 Å². The molecular formula is C16H28N2. The smallest absolute Gasteiger partial charge is 0.0300 e. The van der Waals surface area contributed by atoms with Gasteiger partial charge >= 0.3 is 0 Å². The minimum atomic E-state index is 0.184. The molecule has 0 saturated carbocycles. The predicted molar refractivity (Wildman–Crippen MR) is 78.5 cm³/mol. The molecule has 0 spiro atoms. The first-order valence-corrected chi connectivity index (χ1v) is 7.41. The van der Waals surface area contributed by atoms with Crippen LogP contribution in [0.3, 0.4) is 0 Å². The number of aryl methyl sites for hydroxylation is 1. The van der Waals surface area contributed by atoms with E-state index < -0.39 is 0 Å². The number of rotatable bonds is 9. The van der Waals surface area contributed by atoms with Gasteiger partial charge in [0.15, 0.2) is 0 Å². The first-order chi connectivity index (χ1) is 8.75. The summed E-state index contributed by atoms with van der Waals surface area (Å²) in [6, 6.07) is 2.24. The fourth-order valence-corrected chi connectivity index (χ4v) is 2.38. The quantitative estimate of drug-likeness (QED) is 0.652. The Morgan fingerprint density at radius 2 is 1.78 bits per heavy atom. The molecule has 0 radical (unpaired) electrons. The van der Waals surface area contributed by atoms with Crippen LogP contribution in [0.5, 0.6) is 0 Å². The summed E-state index contributed by atoms with van der Waals surface area (Å²) in [7, 11) is 0. The van der Waals surface area contributed by atoms with E-state index in [1.54, 1.807) is 0 Å². The second-order valence-electron chi connectivity index (χ2n) is 5.25. The molecular weight excluding hydrogens is 220 g/mol. The maximum atomic E-state index is 6.23. The van der Waals surface area contributed by atoms with Gasteiger partial charge in [0.1, 0.15) is 0 Å². The van der Waals surface area contributed by atoms with Gasteiger partial charge in [-0.3, -0.25) is 4.98 Å². The molecule has 1 aromatic rings. The lowest BCUT2D eigenvalue weighted by Crippen LogP contribution is -2.11. The highest BCUT2D eigenvalue weighted by molar-refractivity contribution is 5.24. The summed E-state index contributed by atoms with van der Waals surface area (Å²) in [6.45, 7) is 4.35. The monoisotopic (exact) mass is 248 g/mol. The summed E-state index contributed by atoms with van der Waals surface area (Å²) in [4.78, 5) is 4.11. The Hall–Kier alpha value is -0.890. The molecule has 1 atom stereocenters. The van der Waals surface area contributed by atoms with Gasteiger partial charge in [-0.25, -0.2) is 0 Å². The Balaban J connectivity index is 2.14. The van der Waals surface area contributed by atoms with Crippen molar-refractivity contribution in [3.63, 3.8) is 0 Å². The second kappa shape index (κ2) is 9.09. The van der Waals surface area contributed by atoms with Gasteiger partial charge in [0.2, 0.25) is 0 Å². The Morgan fingerprint density at radius 3 is 2.44 bits per heavy atom. The third kappa shape index (κ3) is 5.63. The van der Waals surface area contributed by atoms with Crippen LogP contribution in [0.4, 0.5) is 0 Å². The van der Waals surface area contributed by atoms with Gasteiger partial charge in [0.05, 0.1) is 0 Å². The van der Waals surface area contributed by atoms with Crippen LogP contribution in [-0.4, -0.2) is 4.98 Å². The van der Waals surface area contributed by atoms with E-state index in [9.17, 15) is 0 Å². The third-order valence-corrected chi connectivity index (χ3v) is 3.58. The molecule has 2 nitrogen and oxygen atoms in total. The first-order valence-electron chi connectivity index (χ1n) is 7.41. The summed E-state index contributed by atoms with van der Waals surface area (Å²) in [5.41, 5.74) is 8.71. The highest BCUT2D eigenvalue weighted by Crippen LogP contribution is 2.20. The summed E-state index contributed by atoms with van der Waals surface area (Å²) < 4.78 is 0. The van der Waals surface area contributed by atoms with Gasteiger partial charge in [-0.2, -0.15) is 0 Å². The minimum Gasteiger partial charge on any atom is -0.324 e. The van der Waals surface area contributed by atoms with Crippen LogP contribution >= 0.6 is 0 Å². The lowest BCUT2D eigenvalue weighted by molar-refractivity contribution is 0.540. The number of aromatic nitrogens is 1. The number of hydrogen-bond acceptors (Lipinski definition) is 2. The number of nitrogens with zero attached hydrogens (tertiary/aromatic N) is 1. The zero-order chi connectivity index (χ0) is 13.2. The number of nitrogens with two attached hydrogens (primary N) is 1. The zero-order valence-electron chi connectivity index (χ0n) is 12.0. The molecule has 102 valence electrons. The zero-order valence-corrected chi connectivity index (χ0v) is 12.0. The molecule has 2 N–H and O–H groups in total. The van der Waals surface area contributed by atoms with E-state index >= 15 is 0 Å². The van der Waals surface area contributed by atoms with Crippen molar-refractivity contribution < 1.29 is 0 Å². The number of hydrogen-bond donors (Lipinski definition) is 1. The maximum Gasteiger partial charge on any atom is 0.0300 e. The third-order valence-electron chi connectivity index (χ3n) is 3.58. The van der Waals surface area contributed by atoms with E-state index in [-0.39, 0.29) is 6.04 Å². The first kappa shape index (κ1) is 15.2. The van der Waals surface area contributed by atoms with Crippen LogP contribution in [-0.2, 0) is 0 Å². The Kier molecular flexibility index (Phi) is 7.66. The molecule has 18 heavy (non-hydrogen) atoms. The lowest BCUT2D eigenvalue weighted by Gasteiger charge is -2.14. The van der Waals surface area contributed by atoms with Crippen LogP contribution < -0.4 is 5.73 Å². The highest BCUT2D eigenvalue weighted by atomic mass is 14.7. The fourth-order valence-electron chi connectivity index (χ4n) is 2.38. The topological polar surface area (TPSA) is 38.9 Å². The van der Waals surface area contributed by atoms with Gasteiger partial charge in [-0.15, -0.1) is 0 Å². The number of unbranched alkanes of at least 4 members (excludes halogenated alkanes) is 6. The summed E-state index contributed by atoms with van der Waals surface area (Å²) in [5, 5.41) is 0. The van der Waals surface area contributed by atoms with Gasteiger partial charge in [0, 0.05) is 18.4 Å². The molecule has 2 heteroatoms. The number of pyridine rings is 1. The van der Waals surface area contributed by atoms with Gasteiger partial charge in [0.25, 0.3) is 0 Å². The highest BCUT2D eigenvalue weighted by Gasteiger charge is 2.07. The van der Waals surface area contributed by atoms with Crippen molar-refractivity contribution in [1.82, 2.24) is 4.98 Å². The molecule has 0 aliphatic carbocycles. The summed E-state index contributed by atoms with van der Waals surface area (Å²) >= 11 is 0. The summed E-state index contributed by atoms with van der Waals surface area (Å²) in [6.07, 6.45) is 14.3. The predicted octanol–water partition coefficient (Wildman–Crippen LogP) is 4.53. The van der Waals surface area contributed by atoms with E-state index in [1.807, 2.05) is 12.4 Å². The molecule has 0 bridgehead atoms. The Labute approximate surface area is 112 Å². The largest absolute Gasteiger partial charge is 0.324 e. The van der Waals surface area contributed by atoms with Crippen molar-refractivity contribution in [2.45, 2.75) is 71.3 Å². The minimum absolute atomic E-state index is 0.184. The van der Waals surface area contributed by atoms with Crippen molar-refractivity contribution in [3.05, 3.63) is 29.6 Å². The molecule has 1 aromatic heterocycles. The molecule has 0 fully saturated rings. The average Bonchev–Trinajstić information content (AvgIpc) is 2.38. The summed E-state index contributed by atoms with van der Waals surface area (Å²) in [5.74, 6) is 0. The molecule has 1 unspecified atom stereocenters. The molecule has 1 rings (SSSR count). The van der Waals surface area contributed by atoms with Crippen LogP contribution in [0.25, 0.3) is 0 Å². The van der Waals surface area contributed by atoms with Crippen LogP contribution in [0, 0.1) is 6.92 Å². The molecule has 0 aliphatic rings. The molecule has 0 amide bonds. The molecule has 0 aromatic carbocycles. The lowest BCUT2D eigenvalue weighted by atomic mass is 9.98. The van der Waals surface area contributed by atoms with Gasteiger partial charge < -0.3 is 5.73 Å². The van der Waals surface area contributed by atoms with Gasteiger partial charge in [-0.05, 0) is 30.5 Å². The van der Waals surface area contributed by atoms with Crippen molar-refractivity contribution in [3.8, 4) is 0 Å². The van der Waals surface area contributed by atoms with Crippen molar-refractivity contribution in [2.24, 2.45) is 5.73 Å². The van der Waals surface area contributed by atoms with E-state index in [2.05, 4.69) is 24.9 Å². The van der Waals surface area contributed by atoms with E-state index in [1.165, 1.54) is 56.1 Å². The normalized spacial score (nSPS) is 12.6. The fraction of sp³-hybridized carbons (Fsp3) is 0.688. The SMILES string of the molecule is CCCCCCCCCC(N)c1ccncc1C. The van der Waals surface area contributed by atoms with Crippen LogP contribution in [0.15, 0.2) is 18.5 Å². The molecule has 1 heterocycles. The maximum absolute atomic E-state index is 6.23. The van der Waals surface area contributed by atoms with Crippen molar-refractivity contribution >= 4 is 0 Å². The Morgan fingerprint density at radius 1 is 1.11 bits per heavy atom. The van der Waals surface area contributed by atoms with Crippen molar-refractivity contribution in [2.75, 3.05) is 0 Å². The van der Waals surface area contributed by atoms with E-state index in [4.69, 9.17) is 5.73 Å². The van der Waals surface area contributed by atoms with Gasteiger partial charge in [-0.1, -0.05) is 51.9 Å². The average molecular weight is 248 g/mol. The Bertz CT molecular complexity index is 323. The van der Waals surface area contributed by atoms with Crippen LogP contribution in [0.1, 0.15) is 75.5 Å². The standard InChI is InChI=1S/C16H28N2/c1-3-4-5-6-7-8-9-10-16(17)15-11-12-18-13-14(15)2/h11-13,16H,3-10,17H2,1-2H3. The van der Waals surface area contributed by atoms with Crippen molar-refractivity contribution in [1.29, 1.82) is 0 Å². The molecule has 0 aliphatic heterocycles. The van der Waals surface area contributed by atoms with E-state index in [0.717, 1.165) is 6.42 Å².